The predicted octanol–water partition coefficient (Wildman–Crippen LogP) is 1.53. The third-order valence-corrected chi connectivity index (χ3v) is 2.50. The first kappa shape index (κ1) is 15.1. The molecule has 0 aromatic heterocycles. The number of nitrogens with zero attached hydrogens (tertiary/aromatic N) is 1. The second-order valence-electron chi connectivity index (χ2n) is 4.34. The summed E-state index contributed by atoms with van der Waals surface area (Å²) in [6.07, 6.45) is -1.21. The van der Waals surface area contributed by atoms with Gasteiger partial charge in [0.25, 0.3) is 0 Å². The second kappa shape index (κ2) is 7.45. The van der Waals surface area contributed by atoms with Crippen LogP contribution < -0.4 is 10.6 Å². The van der Waals surface area contributed by atoms with Gasteiger partial charge in [-0.3, -0.25) is 4.99 Å². The number of aliphatic imine (C=N–C) groups is 1. The summed E-state index contributed by atoms with van der Waals surface area (Å²) in [4.78, 5) is 4.02. The van der Waals surface area contributed by atoms with E-state index in [-0.39, 0.29) is 6.61 Å². The smallest absolute Gasteiger partial charge is 0.372 e. The molecule has 18 heavy (non-hydrogen) atoms. The molecular formula is C11H20F3N3O. The Bertz CT molecular complexity index is 265. The molecule has 7 heteroatoms. The van der Waals surface area contributed by atoms with Crippen LogP contribution in [-0.2, 0) is 4.74 Å². The van der Waals surface area contributed by atoms with Crippen LogP contribution >= 0.6 is 0 Å². The standard InChI is InChI=1S/C11H20F3N3O/c1-15-10(17-7-9-3-4-9)16-5-2-6-18-8-11(12,13)14/h9H,2-8H2,1H3,(H2,15,16,17). The molecule has 0 heterocycles. The van der Waals surface area contributed by atoms with Gasteiger partial charge in [0.1, 0.15) is 6.61 Å². The maximum absolute atomic E-state index is 11.8. The summed E-state index contributed by atoms with van der Waals surface area (Å²) in [5.41, 5.74) is 0. The van der Waals surface area contributed by atoms with Gasteiger partial charge < -0.3 is 15.4 Å². The van der Waals surface area contributed by atoms with Crippen molar-refractivity contribution in [1.29, 1.82) is 0 Å². The summed E-state index contributed by atoms with van der Waals surface area (Å²) in [5, 5.41) is 6.19. The van der Waals surface area contributed by atoms with E-state index in [9.17, 15) is 13.2 Å². The average Bonchev–Trinajstić information content (AvgIpc) is 3.09. The zero-order chi connectivity index (χ0) is 13.4. The number of hydrogen-bond acceptors (Lipinski definition) is 2. The monoisotopic (exact) mass is 267 g/mol. The topological polar surface area (TPSA) is 45.7 Å². The Morgan fingerprint density at radius 3 is 2.61 bits per heavy atom. The van der Waals surface area contributed by atoms with Crippen LogP contribution in [0.5, 0.6) is 0 Å². The molecule has 0 amide bonds. The van der Waals surface area contributed by atoms with Gasteiger partial charge in [0.2, 0.25) is 0 Å². The molecule has 0 spiro atoms. The molecule has 2 N–H and O–H groups in total. The van der Waals surface area contributed by atoms with Gasteiger partial charge in [-0.1, -0.05) is 0 Å². The first-order chi connectivity index (χ1) is 8.51. The lowest BCUT2D eigenvalue weighted by Gasteiger charge is -2.11. The van der Waals surface area contributed by atoms with E-state index in [2.05, 4.69) is 20.4 Å². The third-order valence-electron chi connectivity index (χ3n) is 2.50. The summed E-state index contributed by atoms with van der Waals surface area (Å²) >= 11 is 0. The number of halogens is 3. The summed E-state index contributed by atoms with van der Waals surface area (Å²) in [6, 6.07) is 0. The fraction of sp³-hybridized carbons (Fsp3) is 0.909. The molecule has 1 saturated carbocycles. The maximum Gasteiger partial charge on any atom is 0.411 e. The highest BCUT2D eigenvalue weighted by Crippen LogP contribution is 2.27. The van der Waals surface area contributed by atoms with Crippen LogP contribution in [-0.4, -0.2) is 45.5 Å². The molecule has 0 bridgehead atoms. The van der Waals surface area contributed by atoms with Crippen molar-refractivity contribution in [3.05, 3.63) is 0 Å². The number of hydrogen-bond donors (Lipinski definition) is 2. The van der Waals surface area contributed by atoms with Crippen molar-refractivity contribution in [2.24, 2.45) is 10.9 Å². The Morgan fingerprint density at radius 1 is 1.33 bits per heavy atom. The molecule has 1 aliphatic carbocycles. The van der Waals surface area contributed by atoms with Crippen molar-refractivity contribution >= 4 is 5.96 Å². The van der Waals surface area contributed by atoms with Gasteiger partial charge in [-0.25, -0.2) is 0 Å². The summed E-state index contributed by atoms with van der Waals surface area (Å²) in [6.45, 7) is 0.361. The van der Waals surface area contributed by atoms with Crippen LogP contribution in [0.15, 0.2) is 4.99 Å². The fourth-order valence-electron chi connectivity index (χ4n) is 1.35. The van der Waals surface area contributed by atoms with E-state index in [1.54, 1.807) is 7.05 Å². The first-order valence-corrected chi connectivity index (χ1v) is 6.10. The predicted molar refractivity (Wildman–Crippen MR) is 63.6 cm³/mol. The van der Waals surface area contributed by atoms with Gasteiger partial charge in [-0.2, -0.15) is 13.2 Å². The molecule has 1 rings (SSSR count). The van der Waals surface area contributed by atoms with Crippen molar-refractivity contribution < 1.29 is 17.9 Å². The van der Waals surface area contributed by atoms with Crippen LogP contribution in [0.1, 0.15) is 19.3 Å². The normalized spacial score (nSPS) is 16.8. The van der Waals surface area contributed by atoms with E-state index in [4.69, 9.17) is 0 Å². The zero-order valence-electron chi connectivity index (χ0n) is 10.5. The maximum atomic E-state index is 11.8. The lowest BCUT2D eigenvalue weighted by atomic mass is 10.4. The Balaban J connectivity index is 1.94. The molecule has 1 fully saturated rings. The average molecular weight is 267 g/mol. The number of alkyl halides is 3. The van der Waals surface area contributed by atoms with Crippen LogP contribution in [0.25, 0.3) is 0 Å². The number of guanidine groups is 1. The Labute approximate surface area is 105 Å². The minimum atomic E-state index is -4.24. The molecule has 0 unspecified atom stereocenters. The summed E-state index contributed by atoms with van der Waals surface area (Å²) in [7, 11) is 1.67. The van der Waals surface area contributed by atoms with Crippen molar-refractivity contribution in [3.63, 3.8) is 0 Å². The molecule has 0 radical (unpaired) electrons. The van der Waals surface area contributed by atoms with Gasteiger partial charge in [-0.05, 0) is 25.2 Å². The van der Waals surface area contributed by atoms with E-state index in [1.165, 1.54) is 12.8 Å². The van der Waals surface area contributed by atoms with Crippen LogP contribution in [0.4, 0.5) is 13.2 Å². The highest BCUT2D eigenvalue weighted by molar-refractivity contribution is 5.79. The van der Waals surface area contributed by atoms with E-state index in [0.717, 1.165) is 12.5 Å². The van der Waals surface area contributed by atoms with Gasteiger partial charge in [0, 0.05) is 26.7 Å². The minimum absolute atomic E-state index is 0.0894. The van der Waals surface area contributed by atoms with Crippen molar-refractivity contribution in [1.82, 2.24) is 10.6 Å². The van der Waals surface area contributed by atoms with Crippen molar-refractivity contribution in [2.75, 3.05) is 33.4 Å². The Hall–Kier alpha value is -0.980. The molecule has 4 nitrogen and oxygen atoms in total. The minimum Gasteiger partial charge on any atom is -0.372 e. The Morgan fingerprint density at radius 2 is 2.06 bits per heavy atom. The van der Waals surface area contributed by atoms with Gasteiger partial charge in [0.15, 0.2) is 5.96 Å². The first-order valence-electron chi connectivity index (χ1n) is 6.10. The number of nitrogens with one attached hydrogen (secondary N) is 2. The van der Waals surface area contributed by atoms with Crippen molar-refractivity contribution in [2.45, 2.75) is 25.4 Å². The van der Waals surface area contributed by atoms with Crippen LogP contribution in [0, 0.1) is 5.92 Å². The van der Waals surface area contributed by atoms with E-state index in [0.29, 0.717) is 18.9 Å². The zero-order valence-corrected chi connectivity index (χ0v) is 10.5. The number of ether oxygens (including phenoxy) is 1. The number of rotatable bonds is 7. The SMILES string of the molecule is CN=C(NCCCOCC(F)(F)F)NCC1CC1. The largest absolute Gasteiger partial charge is 0.411 e. The third kappa shape index (κ3) is 8.16. The molecule has 0 aliphatic heterocycles. The highest BCUT2D eigenvalue weighted by atomic mass is 19.4. The lowest BCUT2D eigenvalue weighted by molar-refractivity contribution is -0.173. The second-order valence-corrected chi connectivity index (χ2v) is 4.34. The van der Waals surface area contributed by atoms with Crippen LogP contribution in [0.2, 0.25) is 0 Å². The van der Waals surface area contributed by atoms with Crippen molar-refractivity contribution in [3.8, 4) is 0 Å². The van der Waals surface area contributed by atoms with Gasteiger partial charge >= 0.3 is 6.18 Å². The summed E-state index contributed by atoms with van der Waals surface area (Å²) < 4.78 is 39.8. The molecule has 1 aliphatic rings. The molecule has 106 valence electrons. The molecule has 0 saturated heterocycles. The van der Waals surface area contributed by atoms with E-state index >= 15 is 0 Å². The quantitative estimate of drug-likeness (QED) is 0.418. The lowest BCUT2D eigenvalue weighted by Crippen LogP contribution is -2.39. The van der Waals surface area contributed by atoms with Crippen LogP contribution in [0.3, 0.4) is 0 Å². The van der Waals surface area contributed by atoms with E-state index in [1.807, 2.05) is 0 Å². The molecule has 0 atom stereocenters. The van der Waals surface area contributed by atoms with E-state index < -0.39 is 12.8 Å². The fourth-order valence-corrected chi connectivity index (χ4v) is 1.35. The molecule has 0 aromatic carbocycles. The Kier molecular flexibility index (Phi) is 6.24. The molecule has 0 aromatic rings. The van der Waals surface area contributed by atoms with Gasteiger partial charge in [-0.15, -0.1) is 0 Å². The highest BCUT2D eigenvalue weighted by Gasteiger charge is 2.27. The molecular weight excluding hydrogens is 247 g/mol. The summed E-state index contributed by atoms with van der Waals surface area (Å²) in [5.74, 6) is 1.44. The van der Waals surface area contributed by atoms with Gasteiger partial charge in [0.05, 0.1) is 0 Å².